The third-order valence-corrected chi connectivity index (χ3v) is 2.59. The fourth-order valence-corrected chi connectivity index (χ4v) is 1.68. The standard InChI is InChI=1S/C15H16N2O4/c1-17(2)16-15(19)14-13(12(18)8-9-20-14)21-10-11-6-4-3-5-7-11/h3-9H,10H2,1-2H3,(H,16,19). The number of nitrogens with zero attached hydrogens (tertiary/aromatic N) is 1. The summed E-state index contributed by atoms with van der Waals surface area (Å²) in [6.45, 7) is 0.178. The predicted octanol–water partition coefficient (Wildman–Crippen LogP) is 1.43. The molecule has 1 aromatic heterocycles. The van der Waals surface area contributed by atoms with Crippen molar-refractivity contribution in [3.05, 3.63) is 64.2 Å². The molecule has 1 heterocycles. The van der Waals surface area contributed by atoms with Crippen LogP contribution >= 0.6 is 0 Å². The van der Waals surface area contributed by atoms with Crippen molar-refractivity contribution in [3.63, 3.8) is 0 Å². The van der Waals surface area contributed by atoms with Crippen LogP contribution in [-0.4, -0.2) is 25.0 Å². The molecule has 0 bridgehead atoms. The smallest absolute Gasteiger partial charge is 0.305 e. The molecule has 2 aromatic rings. The molecule has 0 saturated heterocycles. The van der Waals surface area contributed by atoms with Gasteiger partial charge in [0.2, 0.25) is 16.9 Å². The number of rotatable bonds is 5. The monoisotopic (exact) mass is 288 g/mol. The lowest BCUT2D eigenvalue weighted by Crippen LogP contribution is -2.36. The van der Waals surface area contributed by atoms with Gasteiger partial charge < -0.3 is 9.15 Å². The Hall–Kier alpha value is -2.60. The summed E-state index contributed by atoms with van der Waals surface area (Å²) in [4.78, 5) is 23.8. The van der Waals surface area contributed by atoms with Crippen molar-refractivity contribution in [3.8, 4) is 5.75 Å². The summed E-state index contributed by atoms with van der Waals surface area (Å²) in [6.07, 6.45) is 1.17. The number of ether oxygens (including phenoxy) is 1. The maximum Gasteiger partial charge on any atom is 0.305 e. The molecule has 0 saturated carbocycles. The second-order valence-corrected chi connectivity index (χ2v) is 4.55. The third kappa shape index (κ3) is 3.93. The van der Waals surface area contributed by atoms with Gasteiger partial charge in [0.05, 0.1) is 6.26 Å². The Morgan fingerprint density at radius 3 is 2.62 bits per heavy atom. The van der Waals surface area contributed by atoms with Gasteiger partial charge in [-0.1, -0.05) is 30.3 Å². The van der Waals surface area contributed by atoms with Crippen LogP contribution < -0.4 is 15.6 Å². The summed E-state index contributed by atoms with van der Waals surface area (Å²) >= 11 is 0. The Bertz CT molecular complexity index is 665. The highest BCUT2D eigenvalue weighted by atomic mass is 16.5. The van der Waals surface area contributed by atoms with E-state index in [1.807, 2.05) is 30.3 Å². The molecule has 0 unspecified atom stereocenters. The Morgan fingerprint density at radius 1 is 1.24 bits per heavy atom. The van der Waals surface area contributed by atoms with Crippen molar-refractivity contribution < 1.29 is 13.9 Å². The van der Waals surface area contributed by atoms with Gasteiger partial charge in [-0.05, 0) is 5.56 Å². The van der Waals surface area contributed by atoms with Gasteiger partial charge in [-0.15, -0.1) is 0 Å². The number of carbonyl (C=O) groups is 1. The van der Waals surface area contributed by atoms with Gasteiger partial charge in [0.1, 0.15) is 6.61 Å². The summed E-state index contributed by atoms with van der Waals surface area (Å²) in [7, 11) is 3.31. The fourth-order valence-electron chi connectivity index (χ4n) is 1.68. The Balaban J connectivity index is 2.22. The number of benzene rings is 1. The van der Waals surface area contributed by atoms with Crippen molar-refractivity contribution in [2.45, 2.75) is 6.61 Å². The largest absolute Gasteiger partial charge is 0.481 e. The molecule has 0 spiro atoms. The van der Waals surface area contributed by atoms with Crippen molar-refractivity contribution in [1.29, 1.82) is 0 Å². The number of hydrazine groups is 1. The number of nitrogens with one attached hydrogen (secondary N) is 1. The molecular formula is C15H16N2O4. The molecule has 0 aliphatic carbocycles. The van der Waals surface area contributed by atoms with Gasteiger partial charge in [0, 0.05) is 20.2 Å². The fraction of sp³-hybridized carbons (Fsp3) is 0.200. The quantitative estimate of drug-likeness (QED) is 0.843. The zero-order valence-corrected chi connectivity index (χ0v) is 11.8. The van der Waals surface area contributed by atoms with Crippen LogP contribution in [0.15, 0.2) is 51.9 Å². The highest BCUT2D eigenvalue weighted by Crippen LogP contribution is 2.14. The second kappa shape index (κ2) is 6.71. The maximum atomic E-state index is 12.0. The Kier molecular flexibility index (Phi) is 4.73. The lowest BCUT2D eigenvalue weighted by atomic mass is 10.2. The molecule has 0 fully saturated rings. The van der Waals surface area contributed by atoms with Gasteiger partial charge >= 0.3 is 5.91 Å². The van der Waals surface area contributed by atoms with Gasteiger partial charge in [0.25, 0.3) is 0 Å². The van der Waals surface area contributed by atoms with E-state index in [1.54, 1.807) is 14.1 Å². The highest BCUT2D eigenvalue weighted by Gasteiger charge is 2.19. The van der Waals surface area contributed by atoms with Crippen molar-refractivity contribution in [2.75, 3.05) is 14.1 Å². The first-order chi connectivity index (χ1) is 10.1. The average Bonchev–Trinajstić information content (AvgIpc) is 2.46. The predicted molar refractivity (Wildman–Crippen MR) is 76.9 cm³/mol. The molecule has 0 aliphatic rings. The summed E-state index contributed by atoms with van der Waals surface area (Å²) < 4.78 is 10.6. The van der Waals surface area contributed by atoms with Crippen LogP contribution in [0.3, 0.4) is 0 Å². The van der Waals surface area contributed by atoms with E-state index >= 15 is 0 Å². The maximum absolute atomic E-state index is 12.0. The molecular weight excluding hydrogens is 272 g/mol. The number of carbonyl (C=O) groups excluding carboxylic acids is 1. The molecule has 2 rings (SSSR count). The molecule has 0 radical (unpaired) electrons. The van der Waals surface area contributed by atoms with E-state index < -0.39 is 11.3 Å². The minimum absolute atomic E-state index is 0.0966. The van der Waals surface area contributed by atoms with Crippen LogP contribution in [0.25, 0.3) is 0 Å². The lowest BCUT2D eigenvalue weighted by molar-refractivity contribution is 0.0816. The van der Waals surface area contributed by atoms with Crippen LogP contribution in [0.2, 0.25) is 0 Å². The molecule has 6 heteroatoms. The molecule has 1 N–H and O–H groups in total. The average molecular weight is 288 g/mol. The molecule has 0 atom stereocenters. The van der Waals surface area contributed by atoms with Crippen molar-refractivity contribution in [1.82, 2.24) is 10.4 Å². The van der Waals surface area contributed by atoms with Gasteiger partial charge in [-0.2, -0.15) is 0 Å². The Labute approximate surface area is 121 Å². The highest BCUT2D eigenvalue weighted by molar-refractivity contribution is 5.93. The van der Waals surface area contributed by atoms with Gasteiger partial charge in [0.15, 0.2) is 0 Å². The molecule has 21 heavy (non-hydrogen) atoms. The van der Waals surface area contributed by atoms with Gasteiger partial charge in [-0.3, -0.25) is 15.0 Å². The number of amides is 1. The van der Waals surface area contributed by atoms with Crippen LogP contribution in [-0.2, 0) is 6.61 Å². The minimum Gasteiger partial charge on any atom is -0.481 e. The second-order valence-electron chi connectivity index (χ2n) is 4.55. The van der Waals surface area contributed by atoms with Crippen LogP contribution in [0.4, 0.5) is 0 Å². The minimum atomic E-state index is -0.541. The Morgan fingerprint density at radius 2 is 1.95 bits per heavy atom. The summed E-state index contributed by atoms with van der Waals surface area (Å²) in [5.41, 5.74) is 2.99. The van der Waals surface area contributed by atoms with E-state index in [-0.39, 0.29) is 18.1 Å². The molecule has 110 valence electrons. The number of hydrogen-bond acceptors (Lipinski definition) is 5. The van der Waals surface area contributed by atoms with E-state index in [1.165, 1.54) is 17.3 Å². The van der Waals surface area contributed by atoms with E-state index in [2.05, 4.69) is 5.43 Å². The van der Waals surface area contributed by atoms with Crippen molar-refractivity contribution in [2.24, 2.45) is 0 Å². The number of hydrogen-bond donors (Lipinski definition) is 1. The van der Waals surface area contributed by atoms with E-state index in [9.17, 15) is 9.59 Å². The molecule has 6 nitrogen and oxygen atoms in total. The first-order valence-electron chi connectivity index (χ1n) is 6.35. The zero-order chi connectivity index (χ0) is 15.2. The SMILES string of the molecule is CN(C)NC(=O)c1occc(=O)c1OCc1ccccc1. The third-order valence-electron chi connectivity index (χ3n) is 2.59. The van der Waals surface area contributed by atoms with Crippen LogP contribution in [0, 0.1) is 0 Å². The summed E-state index contributed by atoms with van der Waals surface area (Å²) in [6, 6.07) is 10.6. The summed E-state index contributed by atoms with van der Waals surface area (Å²) in [5.74, 6) is -0.784. The van der Waals surface area contributed by atoms with Crippen LogP contribution in [0.5, 0.6) is 5.75 Å². The van der Waals surface area contributed by atoms with Crippen LogP contribution in [0.1, 0.15) is 16.1 Å². The lowest BCUT2D eigenvalue weighted by Gasteiger charge is -2.13. The molecule has 0 aliphatic heterocycles. The molecule has 1 aromatic carbocycles. The van der Waals surface area contributed by atoms with E-state index in [0.29, 0.717) is 0 Å². The van der Waals surface area contributed by atoms with E-state index in [4.69, 9.17) is 9.15 Å². The van der Waals surface area contributed by atoms with E-state index in [0.717, 1.165) is 5.56 Å². The molecule has 1 amide bonds. The first kappa shape index (κ1) is 14.8. The van der Waals surface area contributed by atoms with Gasteiger partial charge in [-0.25, -0.2) is 5.01 Å². The van der Waals surface area contributed by atoms with Crippen molar-refractivity contribution >= 4 is 5.91 Å². The topological polar surface area (TPSA) is 71.8 Å². The zero-order valence-electron chi connectivity index (χ0n) is 11.8. The summed E-state index contributed by atoms with van der Waals surface area (Å²) in [5, 5.41) is 1.45. The first-order valence-corrected chi connectivity index (χ1v) is 6.35. The normalized spacial score (nSPS) is 10.4.